The largest absolute Gasteiger partial charge is 0.314 e. The van der Waals surface area contributed by atoms with Crippen molar-refractivity contribution in [1.29, 1.82) is 0 Å². The van der Waals surface area contributed by atoms with Crippen molar-refractivity contribution in [2.45, 2.75) is 26.3 Å². The second-order valence-electron chi connectivity index (χ2n) is 5.26. The minimum Gasteiger partial charge on any atom is -0.314 e. The van der Waals surface area contributed by atoms with Crippen molar-refractivity contribution in [1.82, 2.24) is 10.2 Å². The average molecular weight is 341 g/mol. The van der Waals surface area contributed by atoms with Crippen LogP contribution in [-0.4, -0.2) is 31.1 Å². The predicted molar refractivity (Wildman–Crippen MR) is 87.5 cm³/mol. The molecule has 0 saturated carbocycles. The minimum absolute atomic E-state index is 0. The van der Waals surface area contributed by atoms with E-state index in [9.17, 15) is 8.78 Å². The van der Waals surface area contributed by atoms with Crippen molar-refractivity contribution < 1.29 is 8.78 Å². The van der Waals surface area contributed by atoms with E-state index in [4.69, 9.17) is 0 Å². The molecule has 0 bridgehead atoms. The van der Waals surface area contributed by atoms with Gasteiger partial charge in [0.15, 0.2) is 11.6 Å². The third kappa shape index (κ3) is 4.78. The first kappa shape index (κ1) is 20.6. The lowest BCUT2D eigenvalue weighted by Crippen LogP contribution is -2.46. The third-order valence-electron chi connectivity index (χ3n) is 4.03. The molecule has 1 aliphatic rings. The lowest BCUT2D eigenvalue weighted by atomic mass is 9.90. The normalized spacial score (nSPS) is 18.3. The highest BCUT2D eigenvalue weighted by atomic mass is 35.5. The zero-order valence-corrected chi connectivity index (χ0v) is 14.1. The van der Waals surface area contributed by atoms with Gasteiger partial charge in [-0.05, 0) is 12.0 Å². The lowest BCUT2D eigenvalue weighted by Gasteiger charge is -2.38. The Morgan fingerprint density at radius 1 is 1.19 bits per heavy atom. The monoisotopic (exact) mass is 340 g/mol. The van der Waals surface area contributed by atoms with E-state index in [2.05, 4.69) is 24.1 Å². The molecule has 0 spiro atoms. The summed E-state index contributed by atoms with van der Waals surface area (Å²) in [5, 5.41) is 3.29. The Bertz CT molecular complexity index is 426. The molecule has 0 aliphatic carbocycles. The molecule has 1 fully saturated rings. The van der Waals surface area contributed by atoms with Gasteiger partial charge >= 0.3 is 0 Å². The quantitative estimate of drug-likeness (QED) is 0.896. The molecule has 2 rings (SSSR count). The molecular weight excluding hydrogens is 317 g/mol. The van der Waals surface area contributed by atoms with Crippen LogP contribution in [0.15, 0.2) is 18.2 Å². The van der Waals surface area contributed by atoms with Gasteiger partial charge in [0.2, 0.25) is 0 Å². The van der Waals surface area contributed by atoms with E-state index in [-0.39, 0.29) is 30.9 Å². The fourth-order valence-electron chi connectivity index (χ4n) is 2.80. The SMILES string of the molecule is CCC(C)[C@@H](c1cccc(F)c1F)N1CCNCC1.Cl.Cl. The number of rotatable bonds is 4. The van der Waals surface area contributed by atoms with Crippen molar-refractivity contribution in [3.05, 3.63) is 35.4 Å². The highest BCUT2D eigenvalue weighted by Crippen LogP contribution is 2.33. The summed E-state index contributed by atoms with van der Waals surface area (Å²) in [7, 11) is 0. The van der Waals surface area contributed by atoms with Crippen molar-refractivity contribution in [3.63, 3.8) is 0 Å². The number of hydrogen-bond donors (Lipinski definition) is 1. The maximum absolute atomic E-state index is 14.1. The molecule has 6 heteroatoms. The van der Waals surface area contributed by atoms with Gasteiger partial charge in [0.05, 0.1) is 0 Å². The summed E-state index contributed by atoms with van der Waals surface area (Å²) in [4.78, 5) is 2.27. The highest BCUT2D eigenvalue weighted by molar-refractivity contribution is 5.85. The van der Waals surface area contributed by atoms with Crippen LogP contribution in [0.4, 0.5) is 8.78 Å². The Morgan fingerprint density at radius 3 is 2.38 bits per heavy atom. The van der Waals surface area contributed by atoms with Gasteiger partial charge in [-0.25, -0.2) is 8.78 Å². The summed E-state index contributed by atoms with van der Waals surface area (Å²) in [6.07, 6.45) is 0.949. The van der Waals surface area contributed by atoms with Crippen LogP contribution in [0.5, 0.6) is 0 Å². The van der Waals surface area contributed by atoms with Crippen LogP contribution >= 0.6 is 24.8 Å². The van der Waals surface area contributed by atoms with E-state index in [1.807, 2.05) is 0 Å². The van der Waals surface area contributed by atoms with Gasteiger partial charge in [-0.15, -0.1) is 24.8 Å². The molecule has 21 heavy (non-hydrogen) atoms. The van der Waals surface area contributed by atoms with Gasteiger partial charge in [0, 0.05) is 37.8 Å². The third-order valence-corrected chi connectivity index (χ3v) is 4.03. The number of nitrogens with zero attached hydrogens (tertiary/aromatic N) is 1. The Balaban J connectivity index is 0.00000200. The molecule has 1 aromatic carbocycles. The van der Waals surface area contributed by atoms with Gasteiger partial charge < -0.3 is 5.32 Å². The average Bonchev–Trinajstić information content (AvgIpc) is 2.44. The lowest BCUT2D eigenvalue weighted by molar-refractivity contribution is 0.125. The first-order valence-electron chi connectivity index (χ1n) is 7.03. The summed E-state index contributed by atoms with van der Waals surface area (Å²) >= 11 is 0. The van der Waals surface area contributed by atoms with Gasteiger partial charge in [0.25, 0.3) is 0 Å². The topological polar surface area (TPSA) is 15.3 Å². The summed E-state index contributed by atoms with van der Waals surface area (Å²) in [5.74, 6) is -1.14. The van der Waals surface area contributed by atoms with Crippen LogP contribution in [0, 0.1) is 17.6 Å². The summed E-state index contributed by atoms with van der Waals surface area (Å²) in [6.45, 7) is 7.78. The van der Waals surface area contributed by atoms with Gasteiger partial charge in [-0.2, -0.15) is 0 Å². The molecule has 1 aliphatic heterocycles. The molecule has 0 amide bonds. The number of nitrogens with one attached hydrogen (secondary N) is 1. The van der Waals surface area contributed by atoms with E-state index in [0.717, 1.165) is 32.6 Å². The van der Waals surface area contributed by atoms with Gasteiger partial charge in [0.1, 0.15) is 0 Å². The molecule has 1 unspecified atom stereocenters. The molecule has 1 N–H and O–H groups in total. The van der Waals surface area contributed by atoms with E-state index < -0.39 is 11.6 Å². The summed E-state index contributed by atoms with van der Waals surface area (Å²) < 4.78 is 27.6. The zero-order chi connectivity index (χ0) is 13.8. The molecule has 1 heterocycles. The zero-order valence-electron chi connectivity index (χ0n) is 12.4. The van der Waals surface area contributed by atoms with Crippen molar-refractivity contribution in [3.8, 4) is 0 Å². The molecule has 122 valence electrons. The van der Waals surface area contributed by atoms with Crippen LogP contribution in [0.25, 0.3) is 0 Å². The van der Waals surface area contributed by atoms with E-state index >= 15 is 0 Å². The first-order chi connectivity index (χ1) is 9.15. The summed E-state index contributed by atoms with van der Waals surface area (Å²) in [5.41, 5.74) is 0.497. The Kier molecular flexibility index (Phi) is 9.38. The van der Waals surface area contributed by atoms with Crippen molar-refractivity contribution >= 4 is 24.8 Å². The number of halogens is 4. The van der Waals surface area contributed by atoms with E-state index in [0.29, 0.717) is 11.5 Å². The molecule has 1 saturated heterocycles. The predicted octanol–water partition coefficient (Wildman–Crippen LogP) is 3.80. The first-order valence-corrected chi connectivity index (χ1v) is 7.03. The van der Waals surface area contributed by atoms with Crippen LogP contribution in [0.2, 0.25) is 0 Å². The maximum Gasteiger partial charge on any atom is 0.163 e. The second kappa shape index (κ2) is 9.57. The Morgan fingerprint density at radius 2 is 1.81 bits per heavy atom. The molecule has 0 radical (unpaired) electrons. The smallest absolute Gasteiger partial charge is 0.163 e. The fraction of sp³-hybridized carbons (Fsp3) is 0.600. The van der Waals surface area contributed by atoms with Crippen LogP contribution in [-0.2, 0) is 0 Å². The van der Waals surface area contributed by atoms with Gasteiger partial charge in [-0.1, -0.05) is 32.4 Å². The Hall–Kier alpha value is -0.420. The van der Waals surface area contributed by atoms with Gasteiger partial charge in [-0.3, -0.25) is 4.90 Å². The highest BCUT2D eigenvalue weighted by Gasteiger charge is 2.29. The van der Waals surface area contributed by atoms with Crippen molar-refractivity contribution in [2.75, 3.05) is 26.2 Å². The Labute approximate surface area is 138 Å². The molecule has 2 nitrogen and oxygen atoms in total. The number of hydrogen-bond acceptors (Lipinski definition) is 2. The van der Waals surface area contributed by atoms with Crippen LogP contribution in [0.3, 0.4) is 0 Å². The molecule has 1 aromatic rings. The number of piperazine rings is 1. The van der Waals surface area contributed by atoms with Crippen molar-refractivity contribution in [2.24, 2.45) is 5.92 Å². The minimum atomic E-state index is -0.749. The van der Waals surface area contributed by atoms with Crippen LogP contribution < -0.4 is 5.32 Å². The fourth-order valence-corrected chi connectivity index (χ4v) is 2.80. The number of benzene rings is 1. The summed E-state index contributed by atoms with van der Waals surface area (Å²) in [6, 6.07) is 4.47. The maximum atomic E-state index is 14.1. The standard InChI is InChI=1S/C15H22F2N2.2ClH/c1-3-11(2)15(19-9-7-18-8-10-19)12-5-4-6-13(16)14(12)17;;/h4-6,11,15,18H,3,7-10H2,1-2H3;2*1H/t11?,15-;;/m0../s1. The molecule has 0 aromatic heterocycles. The van der Waals surface area contributed by atoms with E-state index in [1.165, 1.54) is 6.07 Å². The second-order valence-corrected chi connectivity index (χ2v) is 5.26. The molecule has 2 atom stereocenters. The molecular formula is C15H24Cl2F2N2. The van der Waals surface area contributed by atoms with Crippen LogP contribution in [0.1, 0.15) is 31.9 Å². The van der Waals surface area contributed by atoms with E-state index in [1.54, 1.807) is 12.1 Å².